The second-order valence-electron chi connectivity index (χ2n) is 10.6. The number of aliphatic imine (C=N–C) groups is 2. The van der Waals surface area contributed by atoms with Crippen LogP contribution < -0.4 is 45.0 Å². The van der Waals surface area contributed by atoms with Gasteiger partial charge in [-0.15, -0.1) is 0 Å². The zero-order valence-electron chi connectivity index (χ0n) is 25.1. The highest BCUT2D eigenvalue weighted by Crippen LogP contribution is 2.32. The van der Waals surface area contributed by atoms with E-state index in [0.717, 1.165) is 0 Å². The molecule has 0 bridgehead atoms. The average molecular weight is 700 g/mol. The number of hydrogen-bond acceptors (Lipinski definition) is 16. The quantitative estimate of drug-likeness (QED) is 0.0836. The molecule has 0 aromatic carbocycles. The van der Waals surface area contributed by atoms with E-state index in [2.05, 4.69) is 40.6 Å². The molecule has 2 fully saturated rings. The molecule has 0 aliphatic carbocycles. The SMILES string of the molecule is NC(=NCCCC1OCC2(CO1)COC(CCCN=C(N)NC(=O)c1nc(Cl)c(N)nc1N)OC2)NC(=O)c1nc(Cl)c(N)nc1N. The topological polar surface area (TPSA) is 328 Å². The normalized spacial score (nSPS) is 21.8. The van der Waals surface area contributed by atoms with Crippen molar-refractivity contribution in [2.45, 2.75) is 38.3 Å². The number of hydrogen-bond donors (Lipinski definition) is 8. The molecule has 4 rings (SSSR count). The van der Waals surface area contributed by atoms with Crippen LogP contribution in [0.2, 0.25) is 10.3 Å². The molecule has 2 aromatic heterocycles. The van der Waals surface area contributed by atoms with Crippen LogP contribution in [0, 0.1) is 5.41 Å². The van der Waals surface area contributed by atoms with Gasteiger partial charge in [0.15, 0.2) is 69.5 Å². The minimum atomic E-state index is -0.718. The lowest BCUT2D eigenvalue weighted by Gasteiger charge is -2.43. The van der Waals surface area contributed by atoms with Gasteiger partial charge in [0, 0.05) is 25.9 Å². The third-order valence-corrected chi connectivity index (χ3v) is 7.34. The van der Waals surface area contributed by atoms with Crippen LogP contribution in [0.25, 0.3) is 0 Å². The Hall–Kier alpha value is -4.34. The number of rotatable bonds is 10. The van der Waals surface area contributed by atoms with E-state index in [9.17, 15) is 9.59 Å². The zero-order valence-corrected chi connectivity index (χ0v) is 26.6. The summed E-state index contributed by atoms with van der Waals surface area (Å²) in [6.07, 6.45) is 1.40. The number of halogens is 2. The highest BCUT2D eigenvalue weighted by Gasteiger charge is 2.41. The molecule has 20 nitrogen and oxygen atoms in total. The Balaban J connectivity index is 1.09. The van der Waals surface area contributed by atoms with Gasteiger partial charge in [-0.05, 0) is 12.8 Å². The van der Waals surface area contributed by atoms with Crippen LogP contribution in [0.5, 0.6) is 0 Å². The molecule has 2 aliphatic heterocycles. The van der Waals surface area contributed by atoms with Crippen molar-refractivity contribution in [1.82, 2.24) is 30.6 Å². The molecule has 14 N–H and O–H groups in total. The van der Waals surface area contributed by atoms with Gasteiger partial charge in [0.25, 0.3) is 11.8 Å². The van der Waals surface area contributed by atoms with Gasteiger partial charge in [0.1, 0.15) is 0 Å². The van der Waals surface area contributed by atoms with Crippen molar-refractivity contribution in [3.63, 3.8) is 0 Å². The van der Waals surface area contributed by atoms with Gasteiger partial charge in [-0.1, -0.05) is 23.2 Å². The fraction of sp³-hybridized carbons (Fsp3) is 0.520. The van der Waals surface area contributed by atoms with E-state index >= 15 is 0 Å². The molecule has 2 amide bonds. The van der Waals surface area contributed by atoms with Crippen LogP contribution in [0.3, 0.4) is 0 Å². The van der Waals surface area contributed by atoms with Crippen molar-refractivity contribution in [2.24, 2.45) is 26.9 Å². The third-order valence-electron chi connectivity index (χ3n) is 6.78. The minimum Gasteiger partial charge on any atom is -0.382 e. The monoisotopic (exact) mass is 698 g/mol. The van der Waals surface area contributed by atoms with Gasteiger partial charge in [0.05, 0.1) is 31.8 Å². The maximum absolute atomic E-state index is 12.3. The van der Waals surface area contributed by atoms with Crippen LogP contribution in [-0.2, 0) is 18.9 Å². The Morgan fingerprint density at radius 1 is 0.681 bits per heavy atom. The largest absolute Gasteiger partial charge is 0.382 e. The molecular weight excluding hydrogens is 663 g/mol. The fourth-order valence-electron chi connectivity index (χ4n) is 4.32. The van der Waals surface area contributed by atoms with E-state index in [1.165, 1.54) is 0 Å². The summed E-state index contributed by atoms with van der Waals surface area (Å²) in [7, 11) is 0. The molecule has 47 heavy (non-hydrogen) atoms. The van der Waals surface area contributed by atoms with E-state index < -0.39 is 29.8 Å². The second-order valence-corrected chi connectivity index (χ2v) is 11.3. The first-order valence-corrected chi connectivity index (χ1v) is 15.0. The highest BCUT2D eigenvalue weighted by molar-refractivity contribution is 6.32. The standard InChI is InChI=1S/C25H36Cl2N14O6/c26-15-19(30)38-17(28)13(36-15)21(42)40-23(32)34-5-1-3-11-44-7-25(8-45-11)9-46-12(47-10-25)4-2-6-35-24(33)41-22(43)14-18(29)39-20(31)16(27)37-14/h11-12H,1-10H2,(H4,28,30,38)(H4,29,31,39)(H3,32,34,40,42)(H3,33,35,41,43). The number of guanidine groups is 2. The van der Waals surface area contributed by atoms with Crippen LogP contribution in [-0.4, -0.2) is 95.8 Å². The van der Waals surface area contributed by atoms with Crippen LogP contribution in [0.4, 0.5) is 23.3 Å². The van der Waals surface area contributed by atoms with Crippen molar-refractivity contribution in [3.05, 3.63) is 21.7 Å². The third kappa shape index (κ3) is 9.83. The van der Waals surface area contributed by atoms with Gasteiger partial charge >= 0.3 is 0 Å². The summed E-state index contributed by atoms with van der Waals surface area (Å²) >= 11 is 11.6. The van der Waals surface area contributed by atoms with Crippen LogP contribution in [0.1, 0.15) is 46.7 Å². The number of anilines is 4. The van der Waals surface area contributed by atoms with E-state index in [1.807, 2.05) is 0 Å². The number of carbonyl (C=O) groups is 2. The summed E-state index contributed by atoms with van der Waals surface area (Å²) in [6, 6.07) is 0. The molecule has 22 heteroatoms. The average Bonchev–Trinajstić information content (AvgIpc) is 3.03. The van der Waals surface area contributed by atoms with Gasteiger partial charge < -0.3 is 53.3 Å². The highest BCUT2D eigenvalue weighted by atomic mass is 35.5. The second kappa shape index (κ2) is 16.0. The van der Waals surface area contributed by atoms with Crippen molar-refractivity contribution in [3.8, 4) is 0 Å². The minimum absolute atomic E-state index is 0.0921. The Labute approximate surface area is 278 Å². The maximum Gasteiger partial charge on any atom is 0.280 e. The lowest BCUT2D eigenvalue weighted by atomic mass is 9.90. The van der Waals surface area contributed by atoms with Crippen molar-refractivity contribution >= 4 is 70.2 Å². The van der Waals surface area contributed by atoms with E-state index in [0.29, 0.717) is 65.2 Å². The maximum atomic E-state index is 12.3. The molecule has 0 atom stereocenters. The van der Waals surface area contributed by atoms with Gasteiger partial charge in [-0.25, -0.2) is 19.9 Å². The lowest BCUT2D eigenvalue weighted by Crippen LogP contribution is -2.52. The number of aromatic nitrogens is 4. The number of nitrogen functional groups attached to an aromatic ring is 4. The predicted molar refractivity (Wildman–Crippen MR) is 172 cm³/mol. The summed E-state index contributed by atoms with van der Waals surface area (Å²) < 4.78 is 23.6. The number of nitrogens with one attached hydrogen (secondary N) is 2. The van der Waals surface area contributed by atoms with E-state index in [4.69, 9.17) is 76.6 Å². The molecule has 4 heterocycles. The molecule has 1 spiro atoms. The Bertz CT molecular complexity index is 1400. The number of nitrogens with two attached hydrogens (primary N) is 6. The summed E-state index contributed by atoms with van der Waals surface area (Å²) in [5.41, 5.74) is 33.1. The summed E-state index contributed by atoms with van der Waals surface area (Å²) in [6.45, 7) is 2.20. The Kier molecular flexibility index (Phi) is 12.1. The Morgan fingerprint density at radius 3 is 1.40 bits per heavy atom. The van der Waals surface area contributed by atoms with Crippen molar-refractivity contribution in [2.75, 3.05) is 62.5 Å². The van der Waals surface area contributed by atoms with E-state index in [1.54, 1.807) is 0 Å². The molecule has 256 valence electrons. The molecule has 2 aromatic rings. The first-order chi connectivity index (χ1) is 22.4. The predicted octanol–water partition coefficient (Wildman–Crippen LogP) is -1.02. The number of amides is 2. The molecule has 2 saturated heterocycles. The molecular formula is C25H36Cl2N14O6. The first-order valence-electron chi connectivity index (χ1n) is 14.2. The molecule has 0 unspecified atom stereocenters. The summed E-state index contributed by atoms with van der Waals surface area (Å²) in [5, 5.41) is 4.45. The fourth-order valence-corrected chi connectivity index (χ4v) is 4.57. The van der Waals surface area contributed by atoms with Gasteiger partial charge in [-0.2, -0.15) is 0 Å². The Morgan fingerprint density at radius 2 is 1.04 bits per heavy atom. The smallest absolute Gasteiger partial charge is 0.280 e. The molecule has 0 radical (unpaired) electrons. The lowest BCUT2D eigenvalue weighted by molar-refractivity contribution is -0.304. The number of carbonyl (C=O) groups excluding carboxylic acids is 2. The van der Waals surface area contributed by atoms with Gasteiger partial charge in [0.2, 0.25) is 0 Å². The number of ether oxygens (including phenoxy) is 4. The van der Waals surface area contributed by atoms with Crippen molar-refractivity contribution in [1.29, 1.82) is 0 Å². The van der Waals surface area contributed by atoms with Gasteiger partial charge in [-0.3, -0.25) is 30.2 Å². The molecule has 2 aliphatic rings. The van der Waals surface area contributed by atoms with Crippen LogP contribution >= 0.6 is 23.2 Å². The van der Waals surface area contributed by atoms with Crippen molar-refractivity contribution < 1.29 is 28.5 Å². The molecule has 0 saturated carbocycles. The number of nitrogens with zero attached hydrogens (tertiary/aromatic N) is 6. The summed E-state index contributed by atoms with van der Waals surface area (Å²) in [4.78, 5) is 48.0. The van der Waals surface area contributed by atoms with E-state index in [-0.39, 0.29) is 56.9 Å². The summed E-state index contributed by atoms with van der Waals surface area (Å²) in [5.74, 6) is -2.24. The zero-order chi connectivity index (χ0) is 34.1. The van der Waals surface area contributed by atoms with Crippen LogP contribution in [0.15, 0.2) is 9.98 Å². The first kappa shape index (κ1) is 35.5.